The molecule has 0 aromatic heterocycles. The van der Waals surface area contributed by atoms with Crippen molar-refractivity contribution >= 4 is 55.0 Å². The van der Waals surface area contributed by atoms with Crippen molar-refractivity contribution < 1.29 is 4.79 Å². The zero-order valence-electron chi connectivity index (χ0n) is 9.00. The second-order valence-corrected chi connectivity index (χ2v) is 5.74. The molecule has 0 aliphatic heterocycles. The number of hydrogen-bond donors (Lipinski definition) is 2. The van der Waals surface area contributed by atoms with E-state index in [9.17, 15) is 4.79 Å². The van der Waals surface area contributed by atoms with Crippen LogP contribution in [0.25, 0.3) is 0 Å². The van der Waals surface area contributed by atoms with Crippen LogP contribution in [0.1, 0.15) is 23.2 Å². The highest BCUT2D eigenvalue weighted by molar-refractivity contribution is 9.11. The van der Waals surface area contributed by atoms with E-state index < -0.39 is 0 Å². The first kappa shape index (κ1) is 14.6. The zero-order valence-corrected chi connectivity index (χ0v) is 13.0. The summed E-state index contributed by atoms with van der Waals surface area (Å²) in [4.78, 5) is 12.3. The predicted molar refractivity (Wildman–Crippen MR) is 80.2 cm³/mol. The molecule has 0 spiro atoms. The summed E-state index contributed by atoms with van der Waals surface area (Å²) < 4.78 is 1.69. The lowest BCUT2D eigenvalue weighted by molar-refractivity contribution is 0.0952. The number of benzene rings is 1. The van der Waals surface area contributed by atoms with Crippen LogP contribution in [0.4, 0.5) is 0 Å². The SMILES string of the molecule is NC(=S)CCCNC(=O)c1ccc(Br)cc1Br. The van der Waals surface area contributed by atoms with Crippen LogP contribution in [-0.4, -0.2) is 17.4 Å². The van der Waals surface area contributed by atoms with Crippen molar-refractivity contribution in [1.29, 1.82) is 0 Å². The molecule has 3 nitrogen and oxygen atoms in total. The Morgan fingerprint density at radius 2 is 2.12 bits per heavy atom. The van der Waals surface area contributed by atoms with Gasteiger partial charge in [0, 0.05) is 15.5 Å². The van der Waals surface area contributed by atoms with Crippen molar-refractivity contribution in [3.63, 3.8) is 0 Å². The average molecular weight is 380 g/mol. The fraction of sp³-hybridized carbons (Fsp3) is 0.273. The van der Waals surface area contributed by atoms with Crippen molar-refractivity contribution in [3.05, 3.63) is 32.7 Å². The van der Waals surface area contributed by atoms with Crippen LogP contribution in [-0.2, 0) is 0 Å². The summed E-state index contributed by atoms with van der Waals surface area (Å²) in [6.07, 6.45) is 1.41. The molecule has 0 unspecified atom stereocenters. The maximum Gasteiger partial charge on any atom is 0.252 e. The molecule has 0 aliphatic carbocycles. The molecule has 0 heterocycles. The number of rotatable bonds is 5. The normalized spacial score (nSPS) is 10.0. The van der Waals surface area contributed by atoms with E-state index in [0.717, 1.165) is 15.4 Å². The Morgan fingerprint density at radius 1 is 1.41 bits per heavy atom. The molecule has 1 rings (SSSR count). The second-order valence-electron chi connectivity index (χ2n) is 3.45. The number of halogens is 2. The van der Waals surface area contributed by atoms with Crippen LogP contribution in [0.15, 0.2) is 27.1 Å². The van der Waals surface area contributed by atoms with Gasteiger partial charge in [-0.05, 0) is 47.0 Å². The number of amides is 1. The summed E-state index contributed by atoms with van der Waals surface area (Å²) in [7, 11) is 0. The van der Waals surface area contributed by atoms with Crippen LogP contribution in [0.2, 0.25) is 0 Å². The number of carbonyl (C=O) groups excluding carboxylic acids is 1. The third kappa shape index (κ3) is 5.14. The molecule has 1 amide bonds. The van der Waals surface area contributed by atoms with Crippen molar-refractivity contribution in [1.82, 2.24) is 5.32 Å². The smallest absolute Gasteiger partial charge is 0.252 e. The lowest BCUT2D eigenvalue weighted by Gasteiger charge is -2.06. The maximum atomic E-state index is 11.8. The summed E-state index contributed by atoms with van der Waals surface area (Å²) in [5, 5.41) is 2.82. The summed E-state index contributed by atoms with van der Waals surface area (Å²) in [5.74, 6) is -0.104. The van der Waals surface area contributed by atoms with Gasteiger partial charge < -0.3 is 11.1 Å². The summed E-state index contributed by atoms with van der Waals surface area (Å²) >= 11 is 11.4. The summed E-state index contributed by atoms with van der Waals surface area (Å²) in [6.45, 7) is 0.568. The van der Waals surface area contributed by atoms with Crippen molar-refractivity contribution in [2.75, 3.05) is 6.54 Å². The third-order valence-corrected chi connectivity index (χ3v) is 3.41. The molecule has 0 aliphatic rings. The van der Waals surface area contributed by atoms with E-state index in [0.29, 0.717) is 23.5 Å². The fourth-order valence-electron chi connectivity index (χ4n) is 1.23. The number of nitrogens with two attached hydrogens (primary N) is 1. The molecular weight excluding hydrogens is 368 g/mol. The minimum atomic E-state index is -0.104. The van der Waals surface area contributed by atoms with E-state index in [1.807, 2.05) is 12.1 Å². The maximum absolute atomic E-state index is 11.8. The Hall–Kier alpha value is -0.460. The molecule has 3 N–H and O–H groups in total. The summed E-state index contributed by atoms with van der Waals surface area (Å²) in [5.41, 5.74) is 5.98. The number of thiocarbonyl (C=S) groups is 1. The van der Waals surface area contributed by atoms with Crippen molar-refractivity contribution in [3.8, 4) is 0 Å². The van der Waals surface area contributed by atoms with Gasteiger partial charge in [0.1, 0.15) is 0 Å². The number of nitrogens with one attached hydrogen (secondary N) is 1. The van der Waals surface area contributed by atoms with Gasteiger partial charge in [-0.2, -0.15) is 0 Å². The quantitative estimate of drug-likeness (QED) is 0.610. The lowest BCUT2D eigenvalue weighted by atomic mass is 10.2. The lowest BCUT2D eigenvalue weighted by Crippen LogP contribution is -2.25. The molecule has 0 saturated carbocycles. The number of carbonyl (C=O) groups is 1. The predicted octanol–water partition coefficient (Wildman–Crippen LogP) is 3.01. The Bertz CT molecular complexity index is 437. The topological polar surface area (TPSA) is 55.1 Å². The van der Waals surface area contributed by atoms with Crippen LogP contribution in [0.5, 0.6) is 0 Å². The second kappa shape index (κ2) is 7.08. The minimum Gasteiger partial charge on any atom is -0.393 e. The van der Waals surface area contributed by atoms with Gasteiger partial charge >= 0.3 is 0 Å². The van der Waals surface area contributed by atoms with Crippen LogP contribution >= 0.6 is 44.1 Å². The Morgan fingerprint density at radius 3 is 2.71 bits per heavy atom. The fourth-order valence-corrected chi connectivity index (χ4v) is 2.60. The molecule has 0 saturated heterocycles. The van der Waals surface area contributed by atoms with Crippen molar-refractivity contribution in [2.24, 2.45) is 5.73 Å². The molecular formula is C11H12Br2N2OS. The summed E-state index contributed by atoms with van der Waals surface area (Å²) in [6, 6.07) is 5.43. The van der Waals surface area contributed by atoms with Gasteiger partial charge in [-0.1, -0.05) is 28.1 Å². The van der Waals surface area contributed by atoms with Gasteiger partial charge in [0.15, 0.2) is 0 Å². The standard InChI is InChI=1S/C11H12Br2N2OS/c12-7-3-4-8(9(13)6-7)11(16)15-5-1-2-10(14)17/h3-4,6H,1-2,5H2,(H2,14,17)(H,15,16). The van der Waals surface area contributed by atoms with Gasteiger partial charge in [0.05, 0.1) is 10.6 Å². The van der Waals surface area contributed by atoms with Crippen LogP contribution in [0.3, 0.4) is 0 Å². The van der Waals surface area contributed by atoms with E-state index in [1.165, 1.54) is 0 Å². The zero-order chi connectivity index (χ0) is 12.8. The Labute approximate surface area is 122 Å². The van der Waals surface area contributed by atoms with E-state index >= 15 is 0 Å². The Balaban J connectivity index is 2.50. The first-order chi connectivity index (χ1) is 8.00. The van der Waals surface area contributed by atoms with Crippen molar-refractivity contribution in [2.45, 2.75) is 12.8 Å². The average Bonchev–Trinajstić information content (AvgIpc) is 2.23. The first-order valence-electron chi connectivity index (χ1n) is 5.02. The minimum absolute atomic E-state index is 0.104. The Kier molecular flexibility index (Phi) is 6.08. The molecule has 0 radical (unpaired) electrons. The highest BCUT2D eigenvalue weighted by atomic mass is 79.9. The van der Waals surface area contributed by atoms with Gasteiger partial charge in [-0.15, -0.1) is 0 Å². The first-order valence-corrected chi connectivity index (χ1v) is 7.01. The third-order valence-electron chi connectivity index (χ3n) is 2.06. The molecule has 1 aromatic rings. The molecule has 6 heteroatoms. The molecule has 92 valence electrons. The highest BCUT2D eigenvalue weighted by Gasteiger charge is 2.09. The van der Waals surface area contributed by atoms with Gasteiger partial charge in [-0.25, -0.2) is 0 Å². The van der Waals surface area contributed by atoms with Crippen LogP contribution in [0, 0.1) is 0 Å². The van der Waals surface area contributed by atoms with E-state index in [4.69, 9.17) is 18.0 Å². The highest BCUT2D eigenvalue weighted by Crippen LogP contribution is 2.21. The van der Waals surface area contributed by atoms with Gasteiger partial charge in [0.25, 0.3) is 5.91 Å². The molecule has 1 aromatic carbocycles. The molecule has 17 heavy (non-hydrogen) atoms. The van der Waals surface area contributed by atoms with Crippen LogP contribution < -0.4 is 11.1 Å². The number of hydrogen-bond acceptors (Lipinski definition) is 2. The van der Waals surface area contributed by atoms with Gasteiger partial charge in [0.2, 0.25) is 0 Å². The molecule has 0 atom stereocenters. The molecule has 0 bridgehead atoms. The monoisotopic (exact) mass is 378 g/mol. The van der Waals surface area contributed by atoms with E-state index in [2.05, 4.69) is 37.2 Å². The van der Waals surface area contributed by atoms with Gasteiger partial charge in [-0.3, -0.25) is 4.79 Å². The van der Waals surface area contributed by atoms with E-state index in [1.54, 1.807) is 6.07 Å². The largest absolute Gasteiger partial charge is 0.393 e. The van der Waals surface area contributed by atoms with E-state index in [-0.39, 0.29) is 5.91 Å². The molecule has 0 fully saturated rings.